The second kappa shape index (κ2) is 483. The van der Waals surface area contributed by atoms with Crippen molar-refractivity contribution < 1.29 is 34.1 Å². The van der Waals surface area contributed by atoms with Crippen molar-refractivity contribution in [1.29, 1.82) is 0 Å². The molecule has 6 heteroatoms. The van der Waals surface area contributed by atoms with Crippen molar-refractivity contribution in [3.8, 4) is 0 Å². The summed E-state index contributed by atoms with van der Waals surface area (Å²) < 4.78 is 0. The second-order valence-electron chi connectivity index (χ2n) is 0. The van der Waals surface area contributed by atoms with Gasteiger partial charge in [-0.1, -0.05) is 0 Å². The van der Waals surface area contributed by atoms with Gasteiger partial charge < -0.3 is 39.5 Å². The molecule has 0 aromatic rings. The van der Waals surface area contributed by atoms with Crippen LogP contribution in [0.3, 0.4) is 0 Å². The van der Waals surface area contributed by atoms with E-state index < -0.39 is 0 Å². The first kappa shape index (κ1) is 713. The normalized spacial score (nSPS) is 0. The Labute approximate surface area is 73.8 Å². The van der Waals surface area contributed by atoms with Crippen LogP contribution in [0, 0.1) is 14.9 Å². The molecule has 68 valence electrons. The molecule has 0 aliphatic heterocycles. The van der Waals surface area contributed by atoms with Crippen LogP contribution in [0.1, 0.15) is 0 Å². The van der Waals surface area contributed by atoms with Crippen LogP contribution in [0.4, 0.5) is 0 Å². The molecule has 0 atom stereocenters. The Morgan fingerprint density at radius 1 is 0.500 bits per heavy atom. The Balaban J connectivity index is 0. The maximum Gasteiger partial charge on any atom is 2.00 e. The molecule has 4 nitrogen and oxygen atoms in total. The van der Waals surface area contributed by atoms with Crippen LogP contribution >= 0.6 is 0 Å². The molecule has 0 spiro atoms. The van der Waals surface area contributed by atoms with Crippen molar-refractivity contribution in [3.05, 3.63) is 39.5 Å². The molecular formula is C2H14Cu2N4-4. The monoisotopic (exact) mass is 220 g/mol. The third-order valence-electron chi connectivity index (χ3n) is 0. The summed E-state index contributed by atoms with van der Waals surface area (Å²) in [5.74, 6) is 0. The molecule has 0 unspecified atom stereocenters. The van der Waals surface area contributed by atoms with E-state index in [1.54, 1.807) is 0 Å². The van der Waals surface area contributed by atoms with Crippen molar-refractivity contribution >= 4 is 0 Å². The smallest absolute Gasteiger partial charge is 0.693 e. The van der Waals surface area contributed by atoms with Gasteiger partial charge in [-0.3, -0.25) is 0 Å². The van der Waals surface area contributed by atoms with E-state index >= 15 is 0 Å². The first-order valence-corrected chi connectivity index (χ1v) is 0. The van der Waals surface area contributed by atoms with E-state index in [1.807, 2.05) is 0 Å². The molecule has 8 N–H and O–H groups in total. The van der Waals surface area contributed by atoms with Crippen molar-refractivity contribution in [2.75, 3.05) is 0 Å². The van der Waals surface area contributed by atoms with Crippen molar-refractivity contribution in [1.82, 2.24) is 0 Å². The predicted octanol–water partition coefficient (Wildman–Crippen LogP) is 3.76. The Kier molecular flexibility index (Phi) is 43000. The Bertz CT molecular complexity index is 12.0. The van der Waals surface area contributed by atoms with E-state index in [2.05, 4.69) is 0 Å². The average molecular weight is 221 g/mol. The van der Waals surface area contributed by atoms with Gasteiger partial charge in [-0.15, -0.1) is 0 Å². The van der Waals surface area contributed by atoms with Crippen LogP contribution in [0.2, 0.25) is 0 Å². The Morgan fingerprint density at radius 2 is 0.500 bits per heavy atom. The molecule has 0 aliphatic carbocycles. The SMILES string of the molecule is [CH3-].[CH3-].[Cu+2].[Cu].[NH2-].[NH2-].[NH2-].[NH2-]. The van der Waals surface area contributed by atoms with Gasteiger partial charge in [0.25, 0.3) is 0 Å². The van der Waals surface area contributed by atoms with Crippen LogP contribution in [-0.2, 0) is 34.1 Å². The van der Waals surface area contributed by atoms with E-state index in [0.29, 0.717) is 0 Å². The second-order valence-corrected chi connectivity index (χ2v) is 0. The minimum Gasteiger partial charge on any atom is -0.693 e. The fraction of sp³-hybridized carbons (Fsp3) is 0. The molecule has 8 heavy (non-hydrogen) atoms. The summed E-state index contributed by atoms with van der Waals surface area (Å²) in [5.41, 5.74) is 0. The fourth-order valence-corrected chi connectivity index (χ4v) is 0. The third kappa shape index (κ3) is 308. The summed E-state index contributed by atoms with van der Waals surface area (Å²) in [7, 11) is 0. The molecule has 2 radical (unpaired) electrons. The molecular weight excluding hydrogens is 207 g/mol. The summed E-state index contributed by atoms with van der Waals surface area (Å²) in [6.45, 7) is 0. The van der Waals surface area contributed by atoms with Gasteiger partial charge in [0.1, 0.15) is 0 Å². The van der Waals surface area contributed by atoms with Gasteiger partial charge in [-0.05, 0) is 0 Å². The zero-order chi connectivity index (χ0) is 0. The van der Waals surface area contributed by atoms with Gasteiger partial charge >= 0.3 is 17.1 Å². The fourth-order valence-electron chi connectivity index (χ4n) is 0. The molecule has 0 aliphatic rings. The van der Waals surface area contributed by atoms with Crippen molar-refractivity contribution in [3.63, 3.8) is 0 Å². The molecule has 0 aromatic heterocycles. The quantitative estimate of drug-likeness (QED) is 0.434. The van der Waals surface area contributed by atoms with Gasteiger partial charge in [-0.2, -0.15) is 0 Å². The number of nitrogens with two attached hydrogens (primary N) is 4. The van der Waals surface area contributed by atoms with Gasteiger partial charge in [0.2, 0.25) is 0 Å². The minimum absolute atomic E-state index is 0. The molecule has 0 aromatic carbocycles. The topological polar surface area (TPSA) is 134 Å². The third-order valence-corrected chi connectivity index (χ3v) is 0. The van der Waals surface area contributed by atoms with Crippen LogP contribution in [-0.4, -0.2) is 0 Å². The molecule has 0 fully saturated rings. The molecule has 0 bridgehead atoms. The van der Waals surface area contributed by atoms with Crippen LogP contribution < -0.4 is 0 Å². The molecule has 0 rings (SSSR count). The Morgan fingerprint density at radius 3 is 0.500 bits per heavy atom. The van der Waals surface area contributed by atoms with E-state index in [1.165, 1.54) is 0 Å². The zero-order valence-corrected chi connectivity index (χ0v) is 6.80. The molecule has 0 saturated heterocycles. The summed E-state index contributed by atoms with van der Waals surface area (Å²) in [6.07, 6.45) is 0. The molecule has 0 heterocycles. The van der Waals surface area contributed by atoms with Gasteiger partial charge in [0.05, 0.1) is 0 Å². The Hall–Kier alpha value is 0.879. The summed E-state index contributed by atoms with van der Waals surface area (Å²) in [5, 5.41) is 0. The number of hydrogen-bond acceptors (Lipinski definition) is 0. The largest absolute Gasteiger partial charge is 2.00 e. The number of hydrogen-bond donors (Lipinski definition) is 0. The van der Waals surface area contributed by atoms with Crippen molar-refractivity contribution in [2.24, 2.45) is 0 Å². The predicted molar refractivity (Wildman–Crippen MR) is 34.0 cm³/mol. The van der Waals surface area contributed by atoms with Gasteiger partial charge in [0.15, 0.2) is 0 Å². The van der Waals surface area contributed by atoms with Crippen LogP contribution in [0.15, 0.2) is 0 Å². The van der Waals surface area contributed by atoms with Gasteiger partial charge in [-0.25, -0.2) is 0 Å². The summed E-state index contributed by atoms with van der Waals surface area (Å²) in [6, 6.07) is 0. The summed E-state index contributed by atoms with van der Waals surface area (Å²) >= 11 is 0. The minimum atomic E-state index is 0. The molecule has 0 amide bonds. The number of rotatable bonds is 0. The average Bonchev–Trinajstić information content (AvgIpc) is 0. The maximum absolute atomic E-state index is 0. The van der Waals surface area contributed by atoms with E-state index in [0.717, 1.165) is 0 Å². The van der Waals surface area contributed by atoms with Crippen LogP contribution in [0.5, 0.6) is 0 Å². The maximum atomic E-state index is 0. The van der Waals surface area contributed by atoms with E-state index in [9.17, 15) is 0 Å². The van der Waals surface area contributed by atoms with Gasteiger partial charge in [0, 0.05) is 17.1 Å². The van der Waals surface area contributed by atoms with E-state index in [4.69, 9.17) is 0 Å². The summed E-state index contributed by atoms with van der Waals surface area (Å²) in [4.78, 5) is 0. The standard InChI is InChI=1S/2CH3.2Cu.4H2N/h2*1H3;;;4*1H2/q2*-1;;+2;4*-1. The van der Waals surface area contributed by atoms with Crippen LogP contribution in [0.25, 0.3) is 24.6 Å². The molecule has 0 saturated carbocycles. The first-order valence-electron chi connectivity index (χ1n) is 0. The van der Waals surface area contributed by atoms with E-state index in [-0.39, 0.29) is 73.6 Å². The zero-order valence-electron chi connectivity index (χ0n) is 4.91. The first-order chi connectivity index (χ1) is 0. The van der Waals surface area contributed by atoms with Crippen molar-refractivity contribution in [2.45, 2.75) is 0 Å².